The van der Waals surface area contributed by atoms with Crippen molar-refractivity contribution < 1.29 is 9.47 Å². The molecule has 2 atom stereocenters. The van der Waals surface area contributed by atoms with E-state index >= 15 is 0 Å². The van der Waals surface area contributed by atoms with Gasteiger partial charge < -0.3 is 14.8 Å². The minimum absolute atomic E-state index is 0.766. The zero-order valence-corrected chi connectivity index (χ0v) is 12.9. The van der Waals surface area contributed by atoms with E-state index in [-0.39, 0.29) is 0 Å². The van der Waals surface area contributed by atoms with Crippen molar-refractivity contribution >= 4 is 0 Å². The first-order valence-electron chi connectivity index (χ1n) is 8.14. The average molecular weight is 290 g/mol. The number of nitrogens with zero attached hydrogens (tertiary/aromatic N) is 1. The first-order chi connectivity index (χ1) is 10.3. The van der Waals surface area contributed by atoms with Crippen molar-refractivity contribution in [1.82, 2.24) is 10.2 Å². The van der Waals surface area contributed by atoms with Gasteiger partial charge in [-0.3, -0.25) is 4.90 Å². The lowest BCUT2D eigenvalue weighted by Gasteiger charge is -2.17. The van der Waals surface area contributed by atoms with Gasteiger partial charge in [0, 0.05) is 19.6 Å². The predicted octanol–water partition coefficient (Wildman–Crippen LogP) is 2.01. The smallest absolute Gasteiger partial charge is 0.119 e. The van der Waals surface area contributed by atoms with Gasteiger partial charge in [0.2, 0.25) is 0 Å². The first kappa shape index (κ1) is 14.7. The number of nitrogens with one attached hydrogen (secondary N) is 1. The highest BCUT2D eigenvalue weighted by Crippen LogP contribution is 2.26. The minimum Gasteiger partial charge on any atom is -0.494 e. The van der Waals surface area contributed by atoms with E-state index in [0.29, 0.717) is 0 Å². The Morgan fingerprint density at radius 3 is 2.14 bits per heavy atom. The molecule has 0 saturated carbocycles. The van der Waals surface area contributed by atoms with Crippen LogP contribution in [0.25, 0.3) is 0 Å². The molecule has 0 unspecified atom stereocenters. The summed E-state index contributed by atoms with van der Waals surface area (Å²) in [6.45, 7) is 9.52. The number of rotatable bonds is 7. The van der Waals surface area contributed by atoms with E-state index in [9.17, 15) is 0 Å². The van der Waals surface area contributed by atoms with Crippen LogP contribution in [0.4, 0.5) is 0 Å². The standard InChI is InChI=1S/C17H26N2O2/c1-2-8-20-16-3-5-17(6-4-16)21-9-7-19-12-14-10-18-11-15(14)13-19/h3-6,14-15,18H,2,7-13H2,1H3/t14-,15+. The lowest BCUT2D eigenvalue weighted by atomic mass is 10.0. The molecule has 0 bridgehead atoms. The van der Waals surface area contributed by atoms with Crippen LogP contribution in [0.5, 0.6) is 11.5 Å². The second-order valence-corrected chi connectivity index (χ2v) is 6.11. The van der Waals surface area contributed by atoms with E-state index < -0.39 is 0 Å². The Balaban J connectivity index is 1.37. The third kappa shape index (κ3) is 3.89. The van der Waals surface area contributed by atoms with Crippen molar-refractivity contribution in [1.29, 1.82) is 0 Å². The van der Waals surface area contributed by atoms with Crippen LogP contribution in [0, 0.1) is 11.8 Å². The fourth-order valence-corrected chi connectivity index (χ4v) is 3.28. The molecule has 0 aliphatic carbocycles. The molecule has 2 aliphatic heterocycles. The lowest BCUT2D eigenvalue weighted by Crippen LogP contribution is -2.29. The molecule has 0 spiro atoms. The highest BCUT2D eigenvalue weighted by molar-refractivity contribution is 5.31. The van der Waals surface area contributed by atoms with Crippen LogP contribution in [0.2, 0.25) is 0 Å². The summed E-state index contributed by atoms with van der Waals surface area (Å²) >= 11 is 0. The summed E-state index contributed by atoms with van der Waals surface area (Å²) < 4.78 is 11.4. The van der Waals surface area contributed by atoms with Crippen molar-refractivity contribution in [3.63, 3.8) is 0 Å². The third-order valence-corrected chi connectivity index (χ3v) is 4.44. The molecule has 3 rings (SSSR count). The molecule has 2 fully saturated rings. The van der Waals surface area contributed by atoms with E-state index in [1.165, 1.54) is 26.2 Å². The molecular weight excluding hydrogens is 264 g/mol. The fourth-order valence-electron chi connectivity index (χ4n) is 3.28. The number of hydrogen-bond acceptors (Lipinski definition) is 4. The number of likely N-dealkylation sites (tertiary alicyclic amines) is 1. The van der Waals surface area contributed by atoms with Crippen LogP contribution in [-0.2, 0) is 0 Å². The molecule has 1 aromatic carbocycles. The monoisotopic (exact) mass is 290 g/mol. The van der Waals surface area contributed by atoms with Gasteiger partial charge in [0.05, 0.1) is 6.61 Å². The number of benzene rings is 1. The molecule has 2 aliphatic rings. The van der Waals surface area contributed by atoms with E-state index in [1.54, 1.807) is 0 Å². The van der Waals surface area contributed by atoms with Crippen LogP contribution >= 0.6 is 0 Å². The molecule has 0 aromatic heterocycles. The minimum atomic E-state index is 0.766. The Bertz CT molecular complexity index is 423. The fraction of sp³-hybridized carbons (Fsp3) is 0.647. The highest BCUT2D eigenvalue weighted by atomic mass is 16.5. The van der Waals surface area contributed by atoms with Gasteiger partial charge in [0.1, 0.15) is 18.1 Å². The molecule has 4 heteroatoms. The molecule has 2 saturated heterocycles. The van der Waals surface area contributed by atoms with Gasteiger partial charge in [0.25, 0.3) is 0 Å². The summed E-state index contributed by atoms with van der Waals surface area (Å²) in [7, 11) is 0. The van der Waals surface area contributed by atoms with Gasteiger partial charge in [-0.15, -0.1) is 0 Å². The van der Waals surface area contributed by atoms with Gasteiger partial charge in [-0.1, -0.05) is 6.92 Å². The molecular formula is C17H26N2O2. The molecule has 2 heterocycles. The van der Waals surface area contributed by atoms with Gasteiger partial charge in [0.15, 0.2) is 0 Å². The highest BCUT2D eigenvalue weighted by Gasteiger charge is 2.35. The summed E-state index contributed by atoms with van der Waals surface area (Å²) in [5.74, 6) is 3.57. The second-order valence-electron chi connectivity index (χ2n) is 6.11. The number of ether oxygens (including phenoxy) is 2. The second kappa shape index (κ2) is 7.14. The number of fused-ring (bicyclic) bond motifs is 1. The van der Waals surface area contributed by atoms with Crippen molar-refractivity contribution in [2.75, 3.05) is 45.9 Å². The average Bonchev–Trinajstić information content (AvgIpc) is 3.08. The molecule has 0 radical (unpaired) electrons. The molecule has 116 valence electrons. The zero-order chi connectivity index (χ0) is 14.5. The summed E-state index contributed by atoms with van der Waals surface area (Å²) in [6.07, 6.45) is 1.03. The summed E-state index contributed by atoms with van der Waals surface area (Å²) in [6, 6.07) is 7.95. The predicted molar refractivity (Wildman–Crippen MR) is 84.0 cm³/mol. The van der Waals surface area contributed by atoms with Gasteiger partial charge in [-0.2, -0.15) is 0 Å². The van der Waals surface area contributed by atoms with E-state index in [1.807, 2.05) is 24.3 Å². The third-order valence-electron chi connectivity index (χ3n) is 4.44. The normalized spacial score (nSPS) is 25.0. The van der Waals surface area contributed by atoms with Crippen LogP contribution < -0.4 is 14.8 Å². The summed E-state index contributed by atoms with van der Waals surface area (Å²) in [4.78, 5) is 2.54. The molecule has 21 heavy (non-hydrogen) atoms. The Morgan fingerprint density at radius 2 is 1.57 bits per heavy atom. The first-order valence-corrected chi connectivity index (χ1v) is 8.14. The van der Waals surface area contributed by atoms with Crippen molar-refractivity contribution in [2.45, 2.75) is 13.3 Å². The Kier molecular flexibility index (Phi) is 4.99. The molecule has 1 N–H and O–H groups in total. The van der Waals surface area contributed by atoms with E-state index in [0.717, 1.165) is 49.5 Å². The van der Waals surface area contributed by atoms with Gasteiger partial charge >= 0.3 is 0 Å². The number of hydrogen-bond donors (Lipinski definition) is 1. The van der Waals surface area contributed by atoms with E-state index in [4.69, 9.17) is 9.47 Å². The lowest BCUT2D eigenvalue weighted by molar-refractivity contribution is 0.228. The summed E-state index contributed by atoms with van der Waals surface area (Å²) in [5, 5.41) is 3.48. The topological polar surface area (TPSA) is 33.7 Å². The van der Waals surface area contributed by atoms with Crippen molar-refractivity contribution in [2.24, 2.45) is 11.8 Å². The van der Waals surface area contributed by atoms with Crippen LogP contribution in [0.1, 0.15) is 13.3 Å². The largest absolute Gasteiger partial charge is 0.494 e. The van der Waals surface area contributed by atoms with Gasteiger partial charge in [-0.05, 0) is 55.6 Å². The van der Waals surface area contributed by atoms with Gasteiger partial charge in [-0.25, -0.2) is 0 Å². The molecule has 0 amide bonds. The molecule has 4 nitrogen and oxygen atoms in total. The molecule has 1 aromatic rings. The Morgan fingerprint density at radius 1 is 1.00 bits per heavy atom. The maximum Gasteiger partial charge on any atom is 0.119 e. The van der Waals surface area contributed by atoms with Crippen LogP contribution in [0.3, 0.4) is 0 Å². The maximum absolute atomic E-state index is 5.84. The Labute approximate surface area is 127 Å². The van der Waals surface area contributed by atoms with Crippen LogP contribution in [0.15, 0.2) is 24.3 Å². The zero-order valence-electron chi connectivity index (χ0n) is 12.9. The van der Waals surface area contributed by atoms with Crippen molar-refractivity contribution in [3.05, 3.63) is 24.3 Å². The summed E-state index contributed by atoms with van der Waals surface area (Å²) in [5.41, 5.74) is 0. The van der Waals surface area contributed by atoms with Crippen LogP contribution in [-0.4, -0.2) is 50.8 Å². The Hall–Kier alpha value is -1.26. The SMILES string of the molecule is CCCOc1ccc(OCCN2C[C@H]3CNC[C@H]3C2)cc1. The quantitative estimate of drug-likeness (QED) is 0.833. The van der Waals surface area contributed by atoms with E-state index in [2.05, 4.69) is 17.1 Å². The van der Waals surface area contributed by atoms with Crippen molar-refractivity contribution in [3.8, 4) is 11.5 Å². The maximum atomic E-state index is 5.84.